The second-order valence-electron chi connectivity index (χ2n) is 7.27. The van der Waals surface area contributed by atoms with Gasteiger partial charge in [0.05, 0.1) is 5.69 Å². The van der Waals surface area contributed by atoms with Gasteiger partial charge in [-0.05, 0) is 89.6 Å². The summed E-state index contributed by atoms with van der Waals surface area (Å²) in [5, 5.41) is 3.29. The lowest BCUT2D eigenvalue weighted by Crippen LogP contribution is -1.96. The number of thiazole rings is 1. The van der Waals surface area contributed by atoms with Crippen LogP contribution in [0.25, 0.3) is 10.6 Å². The SMILES string of the molecule is C#Cc1cc(I)c(C)cc1Cc1csc(-c2ccc3c(c2)CCCCC3)n1. The molecule has 136 valence electrons. The van der Waals surface area contributed by atoms with Gasteiger partial charge in [-0.2, -0.15) is 0 Å². The van der Waals surface area contributed by atoms with E-state index in [1.807, 2.05) is 0 Å². The predicted molar refractivity (Wildman–Crippen MR) is 123 cm³/mol. The van der Waals surface area contributed by atoms with E-state index in [9.17, 15) is 0 Å². The van der Waals surface area contributed by atoms with Crippen molar-refractivity contribution in [2.24, 2.45) is 0 Å². The molecule has 0 spiro atoms. The Labute approximate surface area is 179 Å². The van der Waals surface area contributed by atoms with Crippen molar-refractivity contribution in [1.29, 1.82) is 0 Å². The monoisotopic (exact) mass is 483 g/mol. The Kier molecular flexibility index (Phi) is 5.66. The summed E-state index contributed by atoms with van der Waals surface area (Å²) in [6.45, 7) is 2.13. The normalized spacial score (nSPS) is 13.7. The third-order valence-corrected chi connectivity index (χ3v) is 7.41. The minimum atomic E-state index is 0.790. The molecule has 3 heteroatoms. The minimum Gasteiger partial charge on any atom is -0.241 e. The molecule has 1 nitrogen and oxygen atoms in total. The number of terminal acetylenes is 1. The maximum absolute atomic E-state index is 5.73. The highest BCUT2D eigenvalue weighted by Crippen LogP contribution is 2.30. The first-order valence-corrected chi connectivity index (χ1v) is 11.4. The summed E-state index contributed by atoms with van der Waals surface area (Å²) in [5.41, 5.74) is 8.83. The maximum Gasteiger partial charge on any atom is 0.123 e. The van der Waals surface area contributed by atoms with Gasteiger partial charge in [0, 0.05) is 26.5 Å². The molecule has 0 bridgehead atoms. The van der Waals surface area contributed by atoms with Crippen molar-refractivity contribution in [2.45, 2.75) is 45.4 Å². The molecule has 0 radical (unpaired) electrons. The Morgan fingerprint density at radius 3 is 2.74 bits per heavy atom. The molecule has 0 aliphatic heterocycles. The summed E-state index contributed by atoms with van der Waals surface area (Å²) in [5.74, 6) is 2.83. The van der Waals surface area contributed by atoms with Gasteiger partial charge in [0.25, 0.3) is 0 Å². The Bertz CT molecular complexity index is 1030. The van der Waals surface area contributed by atoms with Crippen LogP contribution in [0.1, 0.15) is 52.8 Å². The molecule has 1 heterocycles. The highest BCUT2D eigenvalue weighted by Gasteiger charge is 2.13. The standard InChI is InChI=1S/C24H22INS/c1-3-17-14-23(25)16(2)11-21(17)13-22-15-27-24(26-22)20-10-9-18-7-5-4-6-8-19(18)12-20/h1,9-12,14-15H,4-8,13H2,2H3. The van der Waals surface area contributed by atoms with Gasteiger partial charge in [0.15, 0.2) is 0 Å². The summed E-state index contributed by atoms with van der Waals surface area (Å²) in [6, 6.07) is 11.2. The number of hydrogen-bond acceptors (Lipinski definition) is 2. The van der Waals surface area contributed by atoms with Crippen molar-refractivity contribution < 1.29 is 0 Å². The van der Waals surface area contributed by atoms with Crippen LogP contribution in [-0.4, -0.2) is 4.98 Å². The number of aromatic nitrogens is 1. The van der Waals surface area contributed by atoms with Gasteiger partial charge in [0.1, 0.15) is 5.01 Å². The van der Waals surface area contributed by atoms with Gasteiger partial charge in [-0.25, -0.2) is 4.98 Å². The number of hydrogen-bond donors (Lipinski definition) is 0. The summed E-state index contributed by atoms with van der Waals surface area (Å²) < 4.78 is 1.22. The Morgan fingerprint density at radius 1 is 1.11 bits per heavy atom. The van der Waals surface area contributed by atoms with Gasteiger partial charge in [-0.15, -0.1) is 17.8 Å². The summed E-state index contributed by atoms with van der Waals surface area (Å²) >= 11 is 4.08. The Hall–Kier alpha value is -1.64. The van der Waals surface area contributed by atoms with Crippen molar-refractivity contribution in [3.63, 3.8) is 0 Å². The van der Waals surface area contributed by atoms with Crippen LogP contribution in [0.2, 0.25) is 0 Å². The van der Waals surface area contributed by atoms with E-state index in [1.54, 1.807) is 11.3 Å². The molecule has 1 aromatic heterocycles. The lowest BCUT2D eigenvalue weighted by molar-refractivity contribution is 0.711. The fourth-order valence-electron chi connectivity index (χ4n) is 3.78. The number of nitrogens with zero attached hydrogens (tertiary/aromatic N) is 1. The second-order valence-corrected chi connectivity index (χ2v) is 9.29. The molecule has 0 unspecified atom stereocenters. The second kappa shape index (κ2) is 8.16. The highest BCUT2D eigenvalue weighted by atomic mass is 127. The van der Waals surface area contributed by atoms with Crippen molar-refractivity contribution >= 4 is 33.9 Å². The summed E-state index contributed by atoms with van der Waals surface area (Å²) in [6.07, 6.45) is 12.9. The van der Waals surface area contributed by atoms with E-state index in [0.717, 1.165) is 22.7 Å². The molecule has 0 N–H and O–H groups in total. The zero-order chi connectivity index (χ0) is 18.8. The van der Waals surface area contributed by atoms with E-state index in [4.69, 9.17) is 11.4 Å². The molecule has 0 fully saturated rings. The molecule has 0 saturated heterocycles. The third kappa shape index (κ3) is 4.12. The van der Waals surface area contributed by atoms with E-state index in [2.05, 4.69) is 71.1 Å². The van der Waals surface area contributed by atoms with Crippen LogP contribution in [0.5, 0.6) is 0 Å². The molecule has 0 amide bonds. The first-order valence-electron chi connectivity index (χ1n) is 9.46. The lowest BCUT2D eigenvalue weighted by Gasteiger charge is -2.08. The zero-order valence-corrected chi connectivity index (χ0v) is 18.5. The number of halogens is 1. The largest absolute Gasteiger partial charge is 0.241 e. The molecule has 27 heavy (non-hydrogen) atoms. The van der Waals surface area contributed by atoms with Crippen molar-refractivity contribution in [1.82, 2.24) is 4.98 Å². The Balaban J connectivity index is 1.61. The van der Waals surface area contributed by atoms with Crippen LogP contribution in [0.4, 0.5) is 0 Å². The number of aryl methyl sites for hydroxylation is 3. The quantitative estimate of drug-likeness (QED) is 0.234. The molecule has 1 aliphatic carbocycles. The van der Waals surface area contributed by atoms with E-state index in [-0.39, 0.29) is 0 Å². The van der Waals surface area contributed by atoms with E-state index >= 15 is 0 Å². The average molecular weight is 483 g/mol. The zero-order valence-electron chi connectivity index (χ0n) is 15.5. The Morgan fingerprint density at radius 2 is 1.93 bits per heavy atom. The molecule has 4 rings (SSSR count). The molecular weight excluding hydrogens is 461 g/mol. The molecule has 0 saturated carbocycles. The van der Waals surface area contributed by atoms with Crippen LogP contribution in [0, 0.1) is 22.8 Å². The number of fused-ring (bicyclic) bond motifs is 1. The van der Waals surface area contributed by atoms with Crippen molar-refractivity contribution in [2.75, 3.05) is 0 Å². The topological polar surface area (TPSA) is 12.9 Å². The van der Waals surface area contributed by atoms with Crippen LogP contribution >= 0.6 is 33.9 Å². The molecule has 0 atom stereocenters. The fraction of sp³-hybridized carbons (Fsp3) is 0.292. The maximum atomic E-state index is 5.73. The van der Waals surface area contributed by atoms with Gasteiger partial charge in [-0.3, -0.25) is 0 Å². The first kappa shape index (κ1) is 18.7. The number of benzene rings is 2. The van der Waals surface area contributed by atoms with Crippen LogP contribution < -0.4 is 0 Å². The third-order valence-electron chi connectivity index (χ3n) is 5.31. The number of rotatable bonds is 3. The summed E-state index contributed by atoms with van der Waals surface area (Å²) in [4.78, 5) is 4.92. The lowest BCUT2D eigenvalue weighted by atomic mass is 10.00. The van der Waals surface area contributed by atoms with E-state index in [0.29, 0.717) is 0 Å². The molecule has 2 aromatic carbocycles. The van der Waals surface area contributed by atoms with Crippen LogP contribution in [0.3, 0.4) is 0 Å². The highest BCUT2D eigenvalue weighted by molar-refractivity contribution is 14.1. The van der Waals surface area contributed by atoms with E-state index in [1.165, 1.54) is 63.5 Å². The molecular formula is C24H22INS. The first-order chi connectivity index (χ1) is 13.1. The van der Waals surface area contributed by atoms with Gasteiger partial charge in [-0.1, -0.05) is 30.5 Å². The van der Waals surface area contributed by atoms with E-state index < -0.39 is 0 Å². The van der Waals surface area contributed by atoms with Crippen molar-refractivity contribution in [3.8, 4) is 22.9 Å². The minimum absolute atomic E-state index is 0.790. The predicted octanol–water partition coefficient (Wildman–Crippen LogP) is 6.56. The van der Waals surface area contributed by atoms with Gasteiger partial charge >= 0.3 is 0 Å². The van der Waals surface area contributed by atoms with Crippen molar-refractivity contribution in [3.05, 3.63) is 72.8 Å². The van der Waals surface area contributed by atoms with Gasteiger partial charge < -0.3 is 0 Å². The molecule has 3 aromatic rings. The van der Waals surface area contributed by atoms with Gasteiger partial charge in [0.2, 0.25) is 0 Å². The fourth-order valence-corrected chi connectivity index (χ4v) is 5.06. The summed E-state index contributed by atoms with van der Waals surface area (Å²) in [7, 11) is 0. The smallest absolute Gasteiger partial charge is 0.123 e. The average Bonchev–Trinajstić information content (AvgIpc) is 3.00. The van der Waals surface area contributed by atoms with Crippen LogP contribution in [-0.2, 0) is 19.3 Å². The molecule has 1 aliphatic rings. The van der Waals surface area contributed by atoms with Crippen LogP contribution in [0.15, 0.2) is 35.7 Å².